The van der Waals surface area contributed by atoms with Crippen molar-refractivity contribution in [3.05, 3.63) is 48.0 Å². The second kappa shape index (κ2) is 5.78. The molecule has 0 spiro atoms. The number of anilines is 1. The number of rotatable bonds is 3. The molecule has 0 saturated heterocycles. The molecule has 3 rings (SSSR count). The van der Waals surface area contributed by atoms with E-state index in [2.05, 4.69) is 27.0 Å². The van der Waals surface area contributed by atoms with Gasteiger partial charge in [-0.3, -0.25) is 4.79 Å². The topological polar surface area (TPSA) is 49.0 Å². The van der Waals surface area contributed by atoms with Crippen molar-refractivity contribution >= 4 is 22.5 Å². The van der Waals surface area contributed by atoms with Crippen LogP contribution in [0.1, 0.15) is 31.1 Å². The van der Waals surface area contributed by atoms with Gasteiger partial charge < -0.3 is 9.88 Å². The average Bonchev–Trinajstić information content (AvgIpc) is 2.96. The molecule has 124 valence electrons. The minimum Gasteiger partial charge on any atom is -0.378 e. The van der Waals surface area contributed by atoms with Crippen molar-refractivity contribution in [2.45, 2.75) is 20.8 Å². The molecule has 0 fully saturated rings. The van der Waals surface area contributed by atoms with Crippen molar-refractivity contribution < 1.29 is 4.79 Å². The summed E-state index contributed by atoms with van der Waals surface area (Å²) in [5, 5.41) is 0. The number of carbonyl (C=O) groups excluding carboxylic acids is 1. The first-order valence-electron chi connectivity index (χ1n) is 8.08. The average molecular weight is 321 g/mol. The van der Waals surface area contributed by atoms with Crippen LogP contribution in [0.4, 0.5) is 5.69 Å². The highest BCUT2D eigenvalue weighted by molar-refractivity contribution is 6.02. The highest BCUT2D eigenvalue weighted by Gasteiger charge is 2.23. The Balaban J connectivity index is 1.98. The zero-order chi connectivity index (χ0) is 17.5. The summed E-state index contributed by atoms with van der Waals surface area (Å²) in [7, 11) is 4.04. The number of aromatic amines is 1. The molecule has 4 heteroatoms. The fourth-order valence-corrected chi connectivity index (χ4v) is 2.64. The number of nitrogens with zero attached hydrogens (tertiary/aromatic N) is 2. The van der Waals surface area contributed by atoms with Crippen LogP contribution in [-0.2, 0) is 0 Å². The second-order valence-electron chi connectivity index (χ2n) is 7.34. The standard InChI is InChI=1S/C20H23N3O/c1-20(2,3)18(24)14-8-11-16-17(12-14)22-19(21-16)13-6-9-15(10-7-13)23(4)5/h6-12H,1-5H3,(H,21,22). The van der Waals surface area contributed by atoms with E-state index in [-0.39, 0.29) is 5.78 Å². The Kier molecular flexibility index (Phi) is 3.91. The van der Waals surface area contributed by atoms with Crippen LogP contribution < -0.4 is 4.90 Å². The van der Waals surface area contributed by atoms with Gasteiger partial charge in [-0.1, -0.05) is 20.8 Å². The number of hydrogen-bond acceptors (Lipinski definition) is 3. The van der Waals surface area contributed by atoms with Crippen LogP contribution in [0.3, 0.4) is 0 Å². The van der Waals surface area contributed by atoms with Crippen LogP contribution in [0.5, 0.6) is 0 Å². The summed E-state index contributed by atoms with van der Waals surface area (Å²) >= 11 is 0. The molecular formula is C20H23N3O. The zero-order valence-corrected chi connectivity index (χ0v) is 14.8. The molecule has 0 aliphatic rings. The molecule has 0 saturated carbocycles. The van der Waals surface area contributed by atoms with Crippen molar-refractivity contribution in [3.63, 3.8) is 0 Å². The van der Waals surface area contributed by atoms with Gasteiger partial charge in [0, 0.05) is 36.3 Å². The fraction of sp³-hybridized carbons (Fsp3) is 0.300. The number of benzene rings is 2. The van der Waals surface area contributed by atoms with Gasteiger partial charge in [-0.05, 0) is 42.5 Å². The minimum atomic E-state index is -0.390. The van der Waals surface area contributed by atoms with Gasteiger partial charge in [0.05, 0.1) is 11.0 Å². The summed E-state index contributed by atoms with van der Waals surface area (Å²) in [6, 6.07) is 13.9. The largest absolute Gasteiger partial charge is 0.378 e. The summed E-state index contributed by atoms with van der Waals surface area (Å²) < 4.78 is 0. The smallest absolute Gasteiger partial charge is 0.168 e. The normalized spacial score (nSPS) is 11.7. The molecule has 1 heterocycles. The van der Waals surface area contributed by atoms with Crippen LogP contribution in [0.2, 0.25) is 0 Å². The van der Waals surface area contributed by atoms with Crippen molar-refractivity contribution in [3.8, 4) is 11.4 Å². The Hall–Kier alpha value is -2.62. The van der Waals surface area contributed by atoms with E-state index in [1.807, 2.05) is 65.2 Å². The molecule has 0 bridgehead atoms. The van der Waals surface area contributed by atoms with Crippen LogP contribution >= 0.6 is 0 Å². The van der Waals surface area contributed by atoms with Crippen molar-refractivity contribution in [1.82, 2.24) is 9.97 Å². The first-order valence-corrected chi connectivity index (χ1v) is 8.08. The molecule has 0 atom stereocenters. The molecule has 0 aliphatic carbocycles. The third-order valence-corrected chi connectivity index (χ3v) is 4.08. The highest BCUT2D eigenvalue weighted by atomic mass is 16.1. The summed E-state index contributed by atoms with van der Waals surface area (Å²) in [5.74, 6) is 0.951. The lowest BCUT2D eigenvalue weighted by Crippen LogP contribution is -2.19. The van der Waals surface area contributed by atoms with Gasteiger partial charge in [-0.2, -0.15) is 0 Å². The number of imidazole rings is 1. The molecule has 3 aromatic rings. The number of H-pyrrole nitrogens is 1. The maximum atomic E-state index is 12.4. The van der Waals surface area contributed by atoms with Gasteiger partial charge in [-0.25, -0.2) is 4.98 Å². The predicted octanol–water partition coefficient (Wildman–Crippen LogP) is 4.52. The fourth-order valence-electron chi connectivity index (χ4n) is 2.64. The molecule has 0 radical (unpaired) electrons. The van der Waals surface area contributed by atoms with Gasteiger partial charge in [0.1, 0.15) is 5.82 Å². The third kappa shape index (κ3) is 3.04. The molecule has 0 aliphatic heterocycles. The van der Waals surface area contributed by atoms with E-state index in [0.29, 0.717) is 5.56 Å². The first-order chi connectivity index (χ1) is 11.3. The number of carbonyl (C=O) groups is 1. The van der Waals surface area contributed by atoms with E-state index in [9.17, 15) is 4.79 Å². The summed E-state index contributed by atoms with van der Waals surface area (Å²) in [6.07, 6.45) is 0. The maximum absolute atomic E-state index is 12.4. The van der Waals surface area contributed by atoms with Crippen molar-refractivity contribution in [2.75, 3.05) is 19.0 Å². The third-order valence-electron chi connectivity index (χ3n) is 4.08. The van der Waals surface area contributed by atoms with E-state index >= 15 is 0 Å². The predicted molar refractivity (Wildman–Crippen MR) is 99.6 cm³/mol. The SMILES string of the molecule is CN(C)c1ccc(-c2nc3ccc(C(=O)C(C)(C)C)cc3[nH]2)cc1. The number of fused-ring (bicyclic) bond motifs is 1. The first kappa shape index (κ1) is 16.2. The molecule has 1 N–H and O–H groups in total. The number of Topliss-reactive ketones (excluding diaryl/α,β-unsaturated/α-hetero) is 1. The van der Waals surface area contributed by atoms with Crippen LogP contribution in [0.15, 0.2) is 42.5 Å². The number of nitrogens with one attached hydrogen (secondary N) is 1. The van der Waals surface area contributed by atoms with Crippen LogP contribution in [-0.4, -0.2) is 29.8 Å². The van der Waals surface area contributed by atoms with Crippen LogP contribution in [0.25, 0.3) is 22.4 Å². The Morgan fingerprint density at radius 2 is 1.71 bits per heavy atom. The molecule has 24 heavy (non-hydrogen) atoms. The molecule has 4 nitrogen and oxygen atoms in total. The molecule has 0 amide bonds. The van der Waals surface area contributed by atoms with E-state index in [4.69, 9.17) is 0 Å². The van der Waals surface area contributed by atoms with Crippen LogP contribution in [0, 0.1) is 5.41 Å². The lowest BCUT2D eigenvalue weighted by atomic mass is 9.86. The monoisotopic (exact) mass is 321 g/mol. The minimum absolute atomic E-state index is 0.135. The summed E-state index contributed by atoms with van der Waals surface area (Å²) in [6.45, 7) is 5.80. The lowest BCUT2D eigenvalue weighted by molar-refractivity contribution is 0.0858. The molecule has 0 unspecified atom stereocenters. The Bertz CT molecular complexity index is 883. The van der Waals surface area contributed by atoms with E-state index in [1.54, 1.807) is 0 Å². The van der Waals surface area contributed by atoms with Gasteiger partial charge in [0.15, 0.2) is 5.78 Å². The summed E-state index contributed by atoms with van der Waals surface area (Å²) in [5.41, 5.74) is 4.25. The molecule has 1 aromatic heterocycles. The number of hydrogen-bond donors (Lipinski definition) is 1. The van der Waals surface area contributed by atoms with E-state index in [1.165, 1.54) is 0 Å². The highest BCUT2D eigenvalue weighted by Crippen LogP contribution is 2.26. The van der Waals surface area contributed by atoms with Crippen molar-refractivity contribution in [1.29, 1.82) is 0 Å². The Morgan fingerprint density at radius 1 is 1.04 bits per heavy atom. The molecular weight excluding hydrogens is 298 g/mol. The van der Waals surface area contributed by atoms with Gasteiger partial charge in [0.25, 0.3) is 0 Å². The molecule has 2 aromatic carbocycles. The van der Waals surface area contributed by atoms with Gasteiger partial charge in [-0.15, -0.1) is 0 Å². The lowest BCUT2D eigenvalue weighted by Gasteiger charge is -2.16. The zero-order valence-electron chi connectivity index (χ0n) is 14.8. The van der Waals surface area contributed by atoms with E-state index < -0.39 is 5.41 Å². The van der Waals surface area contributed by atoms with E-state index in [0.717, 1.165) is 28.1 Å². The number of aromatic nitrogens is 2. The van der Waals surface area contributed by atoms with Gasteiger partial charge in [0.2, 0.25) is 0 Å². The summed E-state index contributed by atoms with van der Waals surface area (Å²) in [4.78, 5) is 22.5. The van der Waals surface area contributed by atoms with Crippen molar-refractivity contribution in [2.24, 2.45) is 5.41 Å². The number of ketones is 1. The Morgan fingerprint density at radius 3 is 2.29 bits per heavy atom. The Labute approximate surface area is 142 Å². The van der Waals surface area contributed by atoms with Gasteiger partial charge >= 0.3 is 0 Å². The maximum Gasteiger partial charge on any atom is 0.168 e. The second-order valence-corrected chi connectivity index (χ2v) is 7.34. The quantitative estimate of drug-likeness (QED) is 0.721.